The Morgan fingerprint density at radius 2 is 2.00 bits per heavy atom. The van der Waals surface area contributed by atoms with E-state index in [-0.39, 0.29) is 6.04 Å². The molecule has 3 nitrogen and oxygen atoms in total. The Bertz CT molecular complexity index is 451. The topological polar surface area (TPSA) is 53.0 Å². The second kappa shape index (κ2) is 8.17. The molecule has 21 heavy (non-hydrogen) atoms. The maximum Gasteiger partial charge on any atom is 0.0641 e. The zero-order chi connectivity index (χ0) is 15.1. The van der Waals surface area contributed by atoms with Gasteiger partial charge in [0.1, 0.15) is 0 Å². The molecule has 0 aliphatic heterocycles. The van der Waals surface area contributed by atoms with E-state index >= 15 is 0 Å². The van der Waals surface area contributed by atoms with E-state index in [1.807, 2.05) is 6.07 Å². The second-order valence-electron chi connectivity index (χ2n) is 5.97. The van der Waals surface area contributed by atoms with E-state index in [9.17, 15) is 5.26 Å². The predicted octanol–water partition coefficient (Wildman–Crippen LogP) is 3.48. The molecule has 2 N–H and O–H groups in total. The molecule has 114 valence electrons. The summed E-state index contributed by atoms with van der Waals surface area (Å²) in [4.78, 5) is 2.52. The molecule has 0 spiro atoms. The zero-order valence-electron chi connectivity index (χ0n) is 13.0. The van der Waals surface area contributed by atoms with E-state index < -0.39 is 0 Å². The van der Waals surface area contributed by atoms with Gasteiger partial charge < -0.3 is 5.73 Å². The number of hydrogen-bond acceptors (Lipinski definition) is 3. The molecule has 0 bridgehead atoms. The molecule has 0 amide bonds. The van der Waals surface area contributed by atoms with Crippen LogP contribution in [0, 0.1) is 17.2 Å². The Morgan fingerprint density at radius 1 is 1.29 bits per heavy atom. The van der Waals surface area contributed by atoms with Crippen molar-refractivity contribution >= 4 is 0 Å². The lowest BCUT2D eigenvalue weighted by molar-refractivity contribution is 0.0712. The Hall–Kier alpha value is -1.37. The van der Waals surface area contributed by atoms with Gasteiger partial charge in [0.25, 0.3) is 0 Å². The molecule has 1 aliphatic rings. The smallest absolute Gasteiger partial charge is 0.0641 e. The molecule has 1 fully saturated rings. The SMILES string of the molecule is CCN(C(CC#N)c1ccccc1)C1CCCCC1CN. The van der Waals surface area contributed by atoms with Crippen LogP contribution >= 0.6 is 0 Å². The summed E-state index contributed by atoms with van der Waals surface area (Å²) >= 11 is 0. The summed E-state index contributed by atoms with van der Waals surface area (Å²) in [5, 5.41) is 9.26. The minimum absolute atomic E-state index is 0.193. The Kier molecular flexibility index (Phi) is 6.22. The van der Waals surface area contributed by atoms with Crippen LogP contribution in [0.4, 0.5) is 0 Å². The van der Waals surface area contributed by atoms with Crippen LogP contribution in [-0.2, 0) is 0 Å². The minimum Gasteiger partial charge on any atom is -0.330 e. The highest BCUT2D eigenvalue weighted by Gasteiger charge is 2.32. The van der Waals surface area contributed by atoms with Crippen molar-refractivity contribution in [2.45, 2.75) is 51.1 Å². The van der Waals surface area contributed by atoms with Crippen LogP contribution in [0.15, 0.2) is 30.3 Å². The van der Waals surface area contributed by atoms with Gasteiger partial charge in [-0.1, -0.05) is 50.1 Å². The molecule has 1 aliphatic carbocycles. The molecule has 0 radical (unpaired) electrons. The van der Waals surface area contributed by atoms with Gasteiger partial charge in [-0.2, -0.15) is 5.26 Å². The third kappa shape index (κ3) is 3.84. The first-order chi connectivity index (χ1) is 10.3. The number of rotatable bonds is 6. The maximum atomic E-state index is 9.26. The highest BCUT2D eigenvalue weighted by molar-refractivity contribution is 5.20. The summed E-state index contributed by atoms with van der Waals surface area (Å²) in [5.74, 6) is 0.573. The molecule has 0 saturated heterocycles. The minimum atomic E-state index is 0.193. The molecular formula is C18H27N3. The van der Waals surface area contributed by atoms with Crippen LogP contribution in [0.5, 0.6) is 0 Å². The monoisotopic (exact) mass is 285 g/mol. The quantitative estimate of drug-likeness (QED) is 0.870. The van der Waals surface area contributed by atoms with Gasteiger partial charge in [0.2, 0.25) is 0 Å². The van der Waals surface area contributed by atoms with Gasteiger partial charge in [-0.3, -0.25) is 4.90 Å². The van der Waals surface area contributed by atoms with Gasteiger partial charge in [0.05, 0.1) is 12.5 Å². The van der Waals surface area contributed by atoms with E-state index in [0.29, 0.717) is 18.4 Å². The lowest BCUT2D eigenvalue weighted by atomic mass is 9.82. The summed E-state index contributed by atoms with van der Waals surface area (Å²) in [6, 6.07) is 13.5. The van der Waals surface area contributed by atoms with Crippen LogP contribution in [-0.4, -0.2) is 24.0 Å². The Labute approximate surface area is 128 Å². The summed E-state index contributed by atoms with van der Waals surface area (Å²) < 4.78 is 0. The van der Waals surface area contributed by atoms with Crippen molar-refractivity contribution in [2.24, 2.45) is 11.7 Å². The summed E-state index contributed by atoms with van der Waals surface area (Å²) in [6.45, 7) is 3.94. The van der Waals surface area contributed by atoms with Crippen molar-refractivity contribution in [3.63, 3.8) is 0 Å². The van der Waals surface area contributed by atoms with E-state index in [0.717, 1.165) is 13.1 Å². The molecule has 2 rings (SSSR count). The van der Waals surface area contributed by atoms with Crippen LogP contribution < -0.4 is 5.73 Å². The molecule has 1 saturated carbocycles. The van der Waals surface area contributed by atoms with Crippen LogP contribution in [0.2, 0.25) is 0 Å². The Morgan fingerprint density at radius 3 is 2.62 bits per heavy atom. The van der Waals surface area contributed by atoms with Gasteiger partial charge in [0.15, 0.2) is 0 Å². The molecule has 3 unspecified atom stereocenters. The normalized spacial score (nSPS) is 23.7. The maximum absolute atomic E-state index is 9.26. The Balaban J connectivity index is 2.25. The van der Waals surface area contributed by atoms with Crippen molar-refractivity contribution in [3.05, 3.63) is 35.9 Å². The van der Waals surface area contributed by atoms with Crippen molar-refractivity contribution < 1.29 is 0 Å². The fourth-order valence-electron chi connectivity index (χ4n) is 3.77. The average Bonchev–Trinajstić information content (AvgIpc) is 2.56. The fourth-order valence-corrected chi connectivity index (χ4v) is 3.77. The fraction of sp³-hybridized carbons (Fsp3) is 0.611. The molecule has 1 aromatic rings. The van der Waals surface area contributed by atoms with Crippen LogP contribution in [0.1, 0.15) is 50.6 Å². The van der Waals surface area contributed by atoms with Crippen molar-refractivity contribution in [2.75, 3.05) is 13.1 Å². The first kappa shape index (κ1) is 16.0. The molecule has 3 heteroatoms. The van der Waals surface area contributed by atoms with Crippen LogP contribution in [0.3, 0.4) is 0 Å². The first-order valence-electron chi connectivity index (χ1n) is 8.19. The zero-order valence-corrected chi connectivity index (χ0v) is 13.0. The number of nitriles is 1. The van der Waals surface area contributed by atoms with Gasteiger partial charge in [-0.05, 0) is 37.4 Å². The van der Waals surface area contributed by atoms with Crippen LogP contribution in [0.25, 0.3) is 0 Å². The summed E-state index contributed by atoms with van der Waals surface area (Å²) in [7, 11) is 0. The molecule has 0 heterocycles. The van der Waals surface area contributed by atoms with E-state index in [4.69, 9.17) is 5.73 Å². The number of nitrogens with zero attached hydrogens (tertiary/aromatic N) is 2. The third-order valence-electron chi connectivity index (χ3n) is 4.83. The van der Waals surface area contributed by atoms with Crippen molar-refractivity contribution in [3.8, 4) is 6.07 Å². The van der Waals surface area contributed by atoms with Crippen molar-refractivity contribution in [1.82, 2.24) is 4.90 Å². The molecular weight excluding hydrogens is 258 g/mol. The van der Waals surface area contributed by atoms with E-state index in [1.54, 1.807) is 0 Å². The van der Waals surface area contributed by atoms with Gasteiger partial charge >= 0.3 is 0 Å². The highest BCUT2D eigenvalue weighted by atomic mass is 15.2. The van der Waals surface area contributed by atoms with Gasteiger partial charge in [-0.15, -0.1) is 0 Å². The average molecular weight is 285 g/mol. The molecule has 1 aromatic carbocycles. The predicted molar refractivity (Wildman–Crippen MR) is 86.6 cm³/mol. The summed E-state index contributed by atoms with van der Waals surface area (Å²) in [5.41, 5.74) is 7.26. The number of hydrogen-bond donors (Lipinski definition) is 1. The number of benzene rings is 1. The largest absolute Gasteiger partial charge is 0.330 e. The number of nitrogens with two attached hydrogens (primary N) is 1. The van der Waals surface area contributed by atoms with E-state index in [2.05, 4.69) is 42.2 Å². The third-order valence-corrected chi connectivity index (χ3v) is 4.83. The van der Waals surface area contributed by atoms with Gasteiger partial charge in [-0.25, -0.2) is 0 Å². The highest BCUT2D eigenvalue weighted by Crippen LogP contribution is 2.34. The lowest BCUT2D eigenvalue weighted by Crippen LogP contribution is -2.46. The lowest BCUT2D eigenvalue weighted by Gasteiger charge is -2.43. The van der Waals surface area contributed by atoms with Gasteiger partial charge in [0, 0.05) is 12.1 Å². The molecule has 3 atom stereocenters. The summed E-state index contributed by atoms with van der Waals surface area (Å²) in [6.07, 6.45) is 5.57. The van der Waals surface area contributed by atoms with Crippen molar-refractivity contribution in [1.29, 1.82) is 5.26 Å². The molecule has 0 aromatic heterocycles. The second-order valence-corrected chi connectivity index (χ2v) is 5.97. The first-order valence-corrected chi connectivity index (χ1v) is 8.19. The standard InChI is InChI=1S/C18H27N3/c1-2-21(17-11-7-6-10-16(17)14-20)18(12-13-19)15-8-4-3-5-9-15/h3-5,8-9,16-18H,2,6-7,10-12,14,20H2,1H3. The van der Waals surface area contributed by atoms with E-state index in [1.165, 1.54) is 31.2 Å².